The molecule has 6 nitrogen and oxygen atoms in total. The number of nitrogens with zero attached hydrogens (tertiary/aromatic N) is 1. The molecule has 2 rings (SSSR count). The van der Waals surface area contributed by atoms with Crippen LogP contribution in [-0.2, 0) is 9.47 Å². The molecular weight excluding hydrogens is 265 g/mol. The molecule has 7 heteroatoms. The predicted molar refractivity (Wildman–Crippen MR) is 70.8 cm³/mol. The van der Waals surface area contributed by atoms with Crippen LogP contribution in [0.5, 0.6) is 0 Å². The highest BCUT2D eigenvalue weighted by Crippen LogP contribution is 2.13. The van der Waals surface area contributed by atoms with Gasteiger partial charge in [0.2, 0.25) is 0 Å². The highest BCUT2D eigenvalue weighted by atomic mass is 19.1. The molecule has 2 heterocycles. The topological polar surface area (TPSA) is 72.5 Å². The SMILES string of the molecule is O=C(NCCOC1CCCCO1)Nc1ccc(F)cn1. The summed E-state index contributed by atoms with van der Waals surface area (Å²) < 4.78 is 23.5. The lowest BCUT2D eigenvalue weighted by atomic mass is 10.2. The fraction of sp³-hybridized carbons (Fsp3) is 0.538. The maximum absolute atomic E-state index is 12.6. The first-order valence-corrected chi connectivity index (χ1v) is 6.63. The molecule has 1 saturated heterocycles. The number of urea groups is 1. The molecule has 0 bridgehead atoms. The minimum Gasteiger partial charge on any atom is -0.353 e. The molecule has 110 valence electrons. The van der Waals surface area contributed by atoms with E-state index in [0.29, 0.717) is 19.0 Å². The lowest BCUT2D eigenvalue weighted by molar-refractivity contribution is -0.160. The van der Waals surface area contributed by atoms with E-state index in [0.717, 1.165) is 32.1 Å². The second kappa shape index (κ2) is 7.76. The number of ether oxygens (including phenoxy) is 2. The van der Waals surface area contributed by atoms with Crippen LogP contribution < -0.4 is 10.6 Å². The second-order valence-electron chi connectivity index (χ2n) is 4.41. The molecular formula is C13H18FN3O3. The normalized spacial score (nSPS) is 18.6. The van der Waals surface area contributed by atoms with E-state index in [1.54, 1.807) is 0 Å². The number of halogens is 1. The van der Waals surface area contributed by atoms with Gasteiger partial charge in [0.05, 0.1) is 12.8 Å². The van der Waals surface area contributed by atoms with E-state index >= 15 is 0 Å². The number of aromatic nitrogens is 1. The Balaban J connectivity index is 1.59. The van der Waals surface area contributed by atoms with Gasteiger partial charge in [0.25, 0.3) is 0 Å². The quantitative estimate of drug-likeness (QED) is 0.809. The van der Waals surface area contributed by atoms with Crippen LogP contribution in [0.1, 0.15) is 19.3 Å². The zero-order valence-electron chi connectivity index (χ0n) is 11.1. The maximum atomic E-state index is 12.6. The number of amides is 2. The fourth-order valence-electron chi connectivity index (χ4n) is 1.81. The smallest absolute Gasteiger partial charge is 0.320 e. The molecule has 1 aromatic heterocycles. The molecule has 0 aliphatic carbocycles. The van der Waals surface area contributed by atoms with Gasteiger partial charge in [-0.2, -0.15) is 0 Å². The van der Waals surface area contributed by atoms with Gasteiger partial charge in [-0.3, -0.25) is 5.32 Å². The molecule has 0 aromatic carbocycles. The minimum atomic E-state index is -0.447. The molecule has 1 aliphatic heterocycles. The third kappa shape index (κ3) is 5.10. The summed E-state index contributed by atoms with van der Waals surface area (Å²) in [6.07, 6.45) is 3.96. The van der Waals surface area contributed by atoms with Gasteiger partial charge in [0.1, 0.15) is 11.6 Å². The molecule has 20 heavy (non-hydrogen) atoms. The summed E-state index contributed by atoms with van der Waals surface area (Å²) in [7, 11) is 0. The van der Waals surface area contributed by atoms with Gasteiger partial charge in [0.15, 0.2) is 6.29 Å². The van der Waals surface area contributed by atoms with Crippen LogP contribution in [0, 0.1) is 5.82 Å². The Hall–Kier alpha value is -1.73. The highest BCUT2D eigenvalue weighted by molar-refractivity contribution is 5.88. The van der Waals surface area contributed by atoms with Crippen LogP contribution in [-0.4, -0.2) is 37.1 Å². The van der Waals surface area contributed by atoms with Crippen LogP contribution in [0.2, 0.25) is 0 Å². The summed E-state index contributed by atoms with van der Waals surface area (Å²) in [5.41, 5.74) is 0. The molecule has 1 unspecified atom stereocenters. The van der Waals surface area contributed by atoms with Gasteiger partial charge in [-0.25, -0.2) is 14.2 Å². The van der Waals surface area contributed by atoms with Crippen LogP contribution in [0.3, 0.4) is 0 Å². The monoisotopic (exact) mass is 283 g/mol. The van der Waals surface area contributed by atoms with Gasteiger partial charge in [-0.15, -0.1) is 0 Å². The predicted octanol–water partition coefficient (Wildman–Crippen LogP) is 1.89. The Morgan fingerprint density at radius 1 is 1.50 bits per heavy atom. The number of hydrogen-bond donors (Lipinski definition) is 2. The molecule has 1 aliphatic rings. The van der Waals surface area contributed by atoms with Crippen molar-refractivity contribution in [2.75, 3.05) is 25.1 Å². The summed E-state index contributed by atoms with van der Waals surface area (Å²) in [5, 5.41) is 5.11. The molecule has 1 atom stereocenters. The van der Waals surface area contributed by atoms with Crippen molar-refractivity contribution in [1.29, 1.82) is 0 Å². The lowest BCUT2D eigenvalue weighted by Crippen LogP contribution is -2.33. The number of hydrogen-bond acceptors (Lipinski definition) is 4. The number of pyridine rings is 1. The van der Waals surface area contributed by atoms with E-state index in [1.165, 1.54) is 12.1 Å². The Bertz CT molecular complexity index is 421. The van der Waals surface area contributed by atoms with Crippen LogP contribution in [0.15, 0.2) is 18.3 Å². The summed E-state index contributed by atoms with van der Waals surface area (Å²) >= 11 is 0. The third-order valence-electron chi connectivity index (χ3n) is 2.80. The van der Waals surface area contributed by atoms with Crippen molar-refractivity contribution in [3.63, 3.8) is 0 Å². The Morgan fingerprint density at radius 3 is 3.10 bits per heavy atom. The second-order valence-corrected chi connectivity index (χ2v) is 4.41. The van der Waals surface area contributed by atoms with Crippen molar-refractivity contribution >= 4 is 11.8 Å². The van der Waals surface area contributed by atoms with Gasteiger partial charge in [-0.1, -0.05) is 0 Å². The van der Waals surface area contributed by atoms with Gasteiger partial charge >= 0.3 is 6.03 Å². The number of carbonyl (C=O) groups excluding carboxylic acids is 1. The van der Waals surface area contributed by atoms with Crippen LogP contribution in [0.4, 0.5) is 15.0 Å². The first kappa shape index (κ1) is 14.7. The fourth-order valence-corrected chi connectivity index (χ4v) is 1.81. The molecule has 1 fully saturated rings. The summed E-state index contributed by atoms with van der Waals surface area (Å²) in [5.74, 6) is -0.155. The van der Waals surface area contributed by atoms with Gasteiger partial charge in [-0.05, 0) is 31.4 Å². The van der Waals surface area contributed by atoms with E-state index in [2.05, 4.69) is 15.6 Å². The van der Waals surface area contributed by atoms with E-state index in [1.807, 2.05) is 0 Å². The molecule has 0 radical (unpaired) electrons. The van der Waals surface area contributed by atoms with Gasteiger partial charge in [0, 0.05) is 13.2 Å². The number of carbonyl (C=O) groups is 1. The number of nitrogens with one attached hydrogen (secondary N) is 2. The highest BCUT2D eigenvalue weighted by Gasteiger charge is 2.13. The van der Waals surface area contributed by atoms with Crippen molar-refractivity contribution < 1.29 is 18.7 Å². The molecule has 0 saturated carbocycles. The Morgan fingerprint density at radius 2 is 2.40 bits per heavy atom. The first-order valence-electron chi connectivity index (χ1n) is 6.63. The van der Waals surface area contributed by atoms with Crippen LogP contribution in [0.25, 0.3) is 0 Å². The van der Waals surface area contributed by atoms with E-state index in [-0.39, 0.29) is 6.29 Å². The maximum Gasteiger partial charge on any atom is 0.320 e. The lowest BCUT2D eigenvalue weighted by Gasteiger charge is -2.22. The van der Waals surface area contributed by atoms with Crippen molar-refractivity contribution in [2.45, 2.75) is 25.6 Å². The molecule has 2 N–H and O–H groups in total. The summed E-state index contributed by atoms with van der Waals surface area (Å²) in [6, 6.07) is 2.21. The third-order valence-corrected chi connectivity index (χ3v) is 2.80. The number of rotatable bonds is 5. The first-order chi connectivity index (χ1) is 9.74. The standard InChI is InChI=1S/C13H18FN3O3/c14-10-4-5-11(16-9-10)17-13(18)15-6-8-20-12-3-1-2-7-19-12/h4-5,9,12H,1-3,6-8H2,(H2,15,16,17,18). The average molecular weight is 283 g/mol. The molecule has 2 amide bonds. The van der Waals surface area contributed by atoms with Crippen molar-refractivity contribution in [1.82, 2.24) is 10.3 Å². The molecule has 1 aromatic rings. The van der Waals surface area contributed by atoms with E-state index in [4.69, 9.17) is 9.47 Å². The summed E-state index contributed by atoms with van der Waals surface area (Å²) in [6.45, 7) is 1.48. The zero-order chi connectivity index (χ0) is 14.2. The Labute approximate surface area is 116 Å². The van der Waals surface area contributed by atoms with Crippen molar-refractivity contribution in [3.8, 4) is 0 Å². The number of anilines is 1. The van der Waals surface area contributed by atoms with Crippen molar-refractivity contribution in [2.24, 2.45) is 0 Å². The van der Waals surface area contributed by atoms with Crippen molar-refractivity contribution in [3.05, 3.63) is 24.1 Å². The largest absolute Gasteiger partial charge is 0.353 e. The summed E-state index contributed by atoms with van der Waals surface area (Å²) in [4.78, 5) is 15.2. The minimum absolute atomic E-state index is 0.160. The average Bonchev–Trinajstić information content (AvgIpc) is 2.47. The zero-order valence-corrected chi connectivity index (χ0v) is 11.1. The van der Waals surface area contributed by atoms with Gasteiger partial charge < -0.3 is 14.8 Å². The van der Waals surface area contributed by atoms with Crippen LogP contribution >= 0.6 is 0 Å². The van der Waals surface area contributed by atoms with E-state index in [9.17, 15) is 9.18 Å². The Kier molecular flexibility index (Phi) is 5.69. The molecule has 0 spiro atoms. The van der Waals surface area contributed by atoms with E-state index < -0.39 is 11.8 Å².